The molecule has 0 saturated carbocycles. The van der Waals surface area contributed by atoms with Crippen LogP contribution in [0.3, 0.4) is 0 Å². The minimum Gasteiger partial charge on any atom is -0.494 e. The average Bonchev–Trinajstić information content (AvgIpc) is 3.31. The standard InChI is InChI=1S/C26H28N3O2S/c1-27-24-19-21(9-7-20(24)8-10-26(27)30)31-17-3-2-12-28-13-15-29(16-14-28)23-5-4-6-25-22(23)11-18-32-25/h4-11,18-19H,1-3,12-17H2. The molecule has 2 aromatic carbocycles. The molecule has 2 aromatic heterocycles. The molecule has 32 heavy (non-hydrogen) atoms. The van der Waals surface area contributed by atoms with E-state index in [2.05, 4.69) is 46.5 Å². The number of hydrogen-bond acceptors (Lipinski definition) is 5. The quantitative estimate of drug-likeness (QED) is 0.381. The Kier molecular flexibility index (Phi) is 6.14. The van der Waals surface area contributed by atoms with E-state index in [1.54, 1.807) is 0 Å². The van der Waals surface area contributed by atoms with E-state index < -0.39 is 0 Å². The minimum atomic E-state index is -0.109. The molecule has 0 N–H and O–H groups in total. The van der Waals surface area contributed by atoms with Crippen molar-refractivity contribution in [3.05, 3.63) is 77.4 Å². The number of thiophene rings is 1. The van der Waals surface area contributed by atoms with E-state index in [0.29, 0.717) is 6.61 Å². The van der Waals surface area contributed by atoms with E-state index >= 15 is 0 Å². The van der Waals surface area contributed by atoms with Gasteiger partial charge in [-0.25, -0.2) is 0 Å². The summed E-state index contributed by atoms with van der Waals surface area (Å²) < 4.78 is 8.73. The van der Waals surface area contributed by atoms with Crippen LogP contribution in [-0.2, 0) is 0 Å². The van der Waals surface area contributed by atoms with Gasteiger partial charge in [-0.15, -0.1) is 11.3 Å². The Morgan fingerprint density at radius 3 is 2.69 bits per heavy atom. The van der Waals surface area contributed by atoms with Crippen LogP contribution >= 0.6 is 11.3 Å². The van der Waals surface area contributed by atoms with E-state index in [1.165, 1.54) is 26.4 Å². The van der Waals surface area contributed by atoms with E-state index in [9.17, 15) is 4.79 Å². The Hall–Kier alpha value is -2.83. The molecule has 1 fully saturated rings. The second kappa shape index (κ2) is 9.35. The van der Waals surface area contributed by atoms with Crippen molar-refractivity contribution in [3.8, 4) is 5.75 Å². The zero-order chi connectivity index (χ0) is 21.9. The first-order valence-electron chi connectivity index (χ1n) is 11.2. The maximum absolute atomic E-state index is 11.8. The highest BCUT2D eigenvalue weighted by molar-refractivity contribution is 7.17. The third kappa shape index (κ3) is 4.38. The fourth-order valence-corrected chi connectivity index (χ4v) is 5.26. The topological polar surface area (TPSA) is 37.7 Å². The first-order valence-corrected chi connectivity index (χ1v) is 12.1. The van der Waals surface area contributed by atoms with Crippen molar-refractivity contribution < 1.29 is 4.74 Å². The average molecular weight is 447 g/mol. The number of anilines is 1. The summed E-state index contributed by atoms with van der Waals surface area (Å²) in [6.07, 6.45) is 2.13. The lowest BCUT2D eigenvalue weighted by Crippen LogP contribution is -2.46. The van der Waals surface area contributed by atoms with Crippen molar-refractivity contribution in [1.29, 1.82) is 0 Å². The van der Waals surface area contributed by atoms with Gasteiger partial charge in [-0.1, -0.05) is 6.07 Å². The second-order valence-electron chi connectivity index (χ2n) is 8.31. The van der Waals surface area contributed by atoms with Gasteiger partial charge in [-0.2, -0.15) is 0 Å². The Morgan fingerprint density at radius 1 is 0.969 bits per heavy atom. The Balaban J connectivity index is 1.07. The van der Waals surface area contributed by atoms with E-state index in [4.69, 9.17) is 4.74 Å². The summed E-state index contributed by atoms with van der Waals surface area (Å²) in [7, 11) is 3.83. The van der Waals surface area contributed by atoms with Gasteiger partial charge in [0.25, 0.3) is 5.56 Å². The third-order valence-corrected chi connectivity index (χ3v) is 7.17. The molecule has 0 atom stereocenters. The smallest absolute Gasteiger partial charge is 0.251 e. The first kappa shape index (κ1) is 21.0. The van der Waals surface area contributed by atoms with Gasteiger partial charge in [0, 0.05) is 61.1 Å². The second-order valence-corrected chi connectivity index (χ2v) is 9.26. The molecule has 165 valence electrons. The molecule has 1 aliphatic rings. The zero-order valence-corrected chi connectivity index (χ0v) is 19.0. The zero-order valence-electron chi connectivity index (χ0n) is 18.2. The predicted molar refractivity (Wildman–Crippen MR) is 134 cm³/mol. The van der Waals surface area contributed by atoms with Gasteiger partial charge in [0.1, 0.15) is 5.75 Å². The van der Waals surface area contributed by atoms with Gasteiger partial charge in [0.15, 0.2) is 0 Å². The van der Waals surface area contributed by atoms with Crippen LogP contribution in [0.4, 0.5) is 5.69 Å². The summed E-state index contributed by atoms with van der Waals surface area (Å²) in [5.74, 6) is 0.789. The van der Waals surface area contributed by atoms with E-state index in [0.717, 1.165) is 62.2 Å². The van der Waals surface area contributed by atoms with Crippen LogP contribution in [-0.4, -0.2) is 48.8 Å². The van der Waals surface area contributed by atoms with Crippen molar-refractivity contribution in [1.82, 2.24) is 9.47 Å². The molecule has 4 aromatic rings. The highest BCUT2D eigenvalue weighted by Crippen LogP contribution is 2.31. The molecule has 0 amide bonds. The molecule has 0 aliphatic carbocycles. The Morgan fingerprint density at radius 2 is 1.81 bits per heavy atom. The Bertz CT molecular complexity index is 1270. The molecule has 3 heterocycles. The molecule has 1 saturated heterocycles. The van der Waals surface area contributed by atoms with Gasteiger partial charge < -0.3 is 14.2 Å². The number of unbranched alkanes of at least 4 members (excludes halogenated alkanes) is 1. The fraction of sp³-hybridized carbons (Fsp3) is 0.308. The van der Waals surface area contributed by atoms with Gasteiger partial charge in [-0.05, 0) is 66.6 Å². The molecule has 0 unspecified atom stereocenters. The molecule has 5 rings (SSSR count). The van der Waals surface area contributed by atoms with Crippen LogP contribution in [0.1, 0.15) is 12.8 Å². The first-order chi connectivity index (χ1) is 15.7. The maximum atomic E-state index is 11.8. The van der Waals surface area contributed by atoms with Gasteiger partial charge in [0.05, 0.1) is 12.1 Å². The highest BCUT2D eigenvalue weighted by atomic mass is 32.1. The van der Waals surface area contributed by atoms with Crippen LogP contribution in [0.5, 0.6) is 5.75 Å². The maximum Gasteiger partial charge on any atom is 0.251 e. The summed E-state index contributed by atoms with van der Waals surface area (Å²) in [5, 5.41) is 4.55. The van der Waals surface area contributed by atoms with Crippen LogP contribution in [0.2, 0.25) is 0 Å². The summed E-state index contributed by atoms with van der Waals surface area (Å²) in [5.41, 5.74) is 2.06. The van der Waals surface area contributed by atoms with Crippen molar-refractivity contribution in [2.75, 3.05) is 44.2 Å². The van der Waals surface area contributed by atoms with Crippen LogP contribution in [0.15, 0.2) is 64.8 Å². The molecule has 5 nitrogen and oxygen atoms in total. The molecular weight excluding hydrogens is 418 g/mol. The van der Waals surface area contributed by atoms with Crippen LogP contribution in [0.25, 0.3) is 21.0 Å². The Labute approximate surface area is 192 Å². The van der Waals surface area contributed by atoms with Gasteiger partial charge in [-0.3, -0.25) is 9.69 Å². The van der Waals surface area contributed by atoms with E-state index in [-0.39, 0.29) is 5.56 Å². The molecular formula is C26H28N3O2S. The molecule has 1 aliphatic heterocycles. The summed E-state index contributed by atoms with van der Waals surface area (Å²) in [6, 6.07) is 18.1. The highest BCUT2D eigenvalue weighted by Gasteiger charge is 2.18. The SMILES string of the molecule is [CH2]n1c(=O)ccc2ccc(OCCCCN3CCN(c4cccc5sccc45)CC3)cc21. The normalized spacial score (nSPS) is 15.0. The number of aromatic nitrogens is 1. The molecule has 6 heteroatoms. The predicted octanol–water partition coefficient (Wildman–Crippen LogP) is 4.84. The number of fused-ring (bicyclic) bond motifs is 2. The molecule has 0 spiro atoms. The summed E-state index contributed by atoms with van der Waals surface area (Å²) in [4.78, 5) is 16.9. The van der Waals surface area contributed by atoms with Crippen LogP contribution < -0.4 is 15.2 Å². The lowest BCUT2D eigenvalue weighted by atomic mass is 10.2. The fourth-order valence-electron chi connectivity index (χ4n) is 4.45. The van der Waals surface area contributed by atoms with Crippen molar-refractivity contribution in [3.63, 3.8) is 0 Å². The largest absolute Gasteiger partial charge is 0.494 e. The number of hydrogen-bond donors (Lipinski definition) is 0. The molecule has 0 bridgehead atoms. The summed E-state index contributed by atoms with van der Waals surface area (Å²) >= 11 is 1.81. The minimum absolute atomic E-state index is 0.109. The number of nitrogens with zero attached hydrogens (tertiary/aromatic N) is 3. The lowest BCUT2D eigenvalue weighted by Gasteiger charge is -2.36. The van der Waals surface area contributed by atoms with Gasteiger partial charge in [0.2, 0.25) is 0 Å². The van der Waals surface area contributed by atoms with Crippen molar-refractivity contribution in [2.45, 2.75) is 12.8 Å². The number of benzene rings is 2. The summed E-state index contributed by atoms with van der Waals surface area (Å²) in [6.45, 7) is 6.15. The lowest BCUT2D eigenvalue weighted by molar-refractivity contribution is 0.239. The number of rotatable bonds is 7. The van der Waals surface area contributed by atoms with E-state index in [1.807, 2.05) is 35.6 Å². The molecule has 1 radical (unpaired) electrons. The number of ether oxygens (including phenoxy) is 1. The number of pyridine rings is 1. The van der Waals surface area contributed by atoms with Crippen molar-refractivity contribution >= 4 is 38.0 Å². The third-order valence-electron chi connectivity index (χ3n) is 6.29. The van der Waals surface area contributed by atoms with Crippen molar-refractivity contribution in [2.24, 2.45) is 0 Å². The van der Waals surface area contributed by atoms with Crippen LogP contribution in [0, 0.1) is 7.05 Å². The number of piperazine rings is 1. The monoisotopic (exact) mass is 446 g/mol. The van der Waals surface area contributed by atoms with Gasteiger partial charge >= 0.3 is 0 Å².